The summed E-state index contributed by atoms with van der Waals surface area (Å²) in [6.07, 6.45) is 2.54. The third-order valence-corrected chi connectivity index (χ3v) is 13.9. The maximum atomic E-state index is 2.59. The molecule has 1 nitrogen and oxygen atoms in total. The zero-order chi connectivity index (χ0) is 39.4. The Bertz CT molecular complexity index is 3300. The van der Waals surface area contributed by atoms with E-state index in [4.69, 9.17) is 0 Å². The predicted molar refractivity (Wildman–Crippen MR) is 249 cm³/mol. The summed E-state index contributed by atoms with van der Waals surface area (Å²) in [5.41, 5.74) is 22.0. The first-order chi connectivity index (χ1) is 29.8. The van der Waals surface area contributed by atoms with Gasteiger partial charge in [-0.1, -0.05) is 194 Å². The molecule has 0 saturated carbocycles. The first kappa shape index (κ1) is 33.5. The van der Waals surface area contributed by atoms with E-state index in [1.165, 1.54) is 105 Å². The van der Waals surface area contributed by atoms with Crippen molar-refractivity contribution in [1.82, 2.24) is 4.57 Å². The molecule has 10 aromatic rings. The monoisotopic (exact) mass is 761 g/mol. The number of benzene rings is 9. The molecule has 3 aliphatic carbocycles. The summed E-state index contributed by atoms with van der Waals surface area (Å²) < 4.78 is 2.41. The molecule has 0 fully saturated rings. The molecule has 2 unspecified atom stereocenters. The van der Waals surface area contributed by atoms with Crippen molar-refractivity contribution in [1.29, 1.82) is 0 Å². The summed E-state index contributed by atoms with van der Waals surface area (Å²) in [7, 11) is 0. The van der Waals surface area contributed by atoms with E-state index in [9.17, 15) is 0 Å². The lowest BCUT2D eigenvalue weighted by molar-refractivity contribution is 0.694. The van der Waals surface area contributed by atoms with Gasteiger partial charge < -0.3 is 4.57 Å². The van der Waals surface area contributed by atoms with Crippen molar-refractivity contribution in [2.45, 2.75) is 17.3 Å². The van der Waals surface area contributed by atoms with Gasteiger partial charge in [-0.05, 0) is 108 Å². The van der Waals surface area contributed by atoms with Gasteiger partial charge in [0, 0.05) is 28.3 Å². The number of hydrogen-bond donors (Lipinski definition) is 0. The predicted octanol–water partition coefficient (Wildman–Crippen LogP) is 14.8. The van der Waals surface area contributed by atoms with Gasteiger partial charge in [-0.2, -0.15) is 0 Å². The second-order valence-corrected chi connectivity index (χ2v) is 16.7. The topological polar surface area (TPSA) is 4.93 Å². The van der Waals surface area contributed by atoms with Crippen LogP contribution in [0.2, 0.25) is 0 Å². The van der Waals surface area contributed by atoms with Crippen LogP contribution in [0.15, 0.2) is 224 Å². The third-order valence-electron chi connectivity index (χ3n) is 13.9. The molecule has 3 aliphatic rings. The Kier molecular flexibility index (Phi) is 7.12. The van der Waals surface area contributed by atoms with Crippen molar-refractivity contribution in [2.75, 3.05) is 0 Å². The van der Waals surface area contributed by atoms with Crippen LogP contribution in [0.4, 0.5) is 0 Å². The molecule has 1 heterocycles. The van der Waals surface area contributed by atoms with Crippen LogP contribution in [0.5, 0.6) is 0 Å². The highest BCUT2D eigenvalue weighted by Crippen LogP contribution is 2.64. The zero-order valence-electron chi connectivity index (χ0n) is 33.0. The van der Waals surface area contributed by atoms with Crippen molar-refractivity contribution >= 4 is 27.4 Å². The minimum absolute atomic E-state index is 0.172. The molecule has 0 N–H and O–H groups in total. The van der Waals surface area contributed by atoms with Gasteiger partial charge in [0.25, 0.3) is 0 Å². The molecule has 0 bridgehead atoms. The Morgan fingerprint density at radius 3 is 1.55 bits per heavy atom. The molecule has 60 heavy (non-hydrogen) atoms. The molecule has 9 aromatic carbocycles. The highest BCUT2D eigenvalue weighted by atomic mass is 15.0. The highest BCUT2D eigenvalue weighted by molar-refractivity contribution is 6.09. The summed E-state index contributed by atoms with van der Waals surface area (Å²) >= 11 is 0. The fourth-order valence-electron chi connectivity index (χ4n) is 11.3. The van der Waals surface area contributed by atoms with Gasteiger partial charge in [0.1, 0.15) is 0 Å². The Hall–Kier alpha value is -7.48. The normalized spacial score (nSPS) is 16.6. The Balaban J connectivity index is 1.01. The van der Waals surface area contributed by atoms with Crippen molar-refractivity contribution in [3.8, 4) is 39.1 Å². The van der Waals surface area contributed by atoms with Gasteiger partial charge in [0.15, 0.2) is 0 Å². The Morgan fingerprint density at radius 1 is 0.350 bits per heavy atom. The summed E-state index contributed by atoms with van der Waals surface area (Å²) in [5.74, 6) is 0.378. The molecule has 1 spiro atoms. The van der Waals surface area contributed by atoms with E-state index in [0.717, 1.165) is 0 Å². The lowest BCUT2D eigenvalue weighted by atomic mass is 9.64. The lowest BCUT2D eigenvalue weighted by Crippen LogP contribution is -2.27. The minimum Gasteiger partial charge on any atom is -0.309 e. The van der Waals surface area contributed by atoms with Crippen molar-refractivity contribution < 1.29 is 0 Å². The van der Waals surface area contributed by atoms with Gasteiger partial charge in [0.05, 0.1) is 16.4 Å². The molecule has 1 aromatic heterocycles. The molecule has 0 amide bonds. The molecular weight excluding hydrogens is 723 g/mol. The quantitative estimate of drug-likeness (QED) is 0.165. The van der Waals surface area contributed by atoms with Crippen LogP contribution in [0, 0.1) is 0 Å². The van der Waals surface area contributed by atoms with Crippen LogP contribution in [0.25, 0.3) is 66.4 Å². The van der Waals surface area contributed by atoms with E-state index in [0.29, 0.717) is 0 Å². The Labute approximate surface area is 350 Å². The van der Waals surface area contributed by atoms with Crippen molar-refractivity contribution in [3.63, 3.8) is 0 Å². The number of aromatic nitrogens is 1. The Morgan fingerprint density at radius 2 is 0.867 bits per heavy atom. The zero-order valence-corrected chi connectivity index (χ0v) is 33.0. The van der Waals surface area contributed by atoms with Crippen molar-refractivity contribution in [3.05, 3.63) is 263 Å². The van der Waals surface area contributed by atoms with Crippen LogP contribution in [-0.4, -0.2) is 4.57 Å². The first-order valence-electron chi connectivity index (χ1n) is 21.2. The summed E-state index contributed by atoms with van der Waals surface area (Å²) in [6.45, 7) is 0. The molecule has 13 rings (SSSR count). The summed E-state index contributed by atoms with van der Waals surface area (Å²) in [6, 6.07) is 81.6. The van der Waals surface area contributed by atoms with E-state index >= 15 is 0 Å². The lowest BCUT2D eigenvalue weighted by Gasteiger charge is -2.39. The van der Waals surface area contributed by atoms with E-state index in [1.807, 2.05) is 0 Å². The van der Waals surface area contributed by atoms with Crippen LogP contribution >= 0.6 is 0 Å². The van der Waals surface area contributed by atoms with Crippen LogP contribution < -0.4 is 0 Å². The second-order valence-electron chi connectivity index (χ2n) is 16.7. The molecule has 0 aliphatic heterocycles. The molecule has 2 atom stereocenters. The highest BCUT2D eigenvalue weighted by Gasteiger charge is 2.52. The first-order valence-corrected chi connectivity index (χ1v) is 21.2. The number of para-hydroxylation sites is 2. The number of fused-ring (bicyclic) bond motifs is 13. The number of rotatable bonds is 5. The number of nitrogens with zero attached hydrogens (tertiary/aromatic N) is 1. The van der Waals surface area contributed by atoms with Crippen molar-refractivity contribution in [2.24, 2.45) is 0 Å². The van der Waals surface area contributed by atoms with Gasteiger partial charge in [-0.25, -0.2) is 0 Å². The van der Waals surface area contributed by atoms with E-state index in [-0.39, 0.29) is 17.3 Å². The van der Waals surface area contributed by atoms with Gasteiger partial charge >= 0.3 is 0 Å². The third kappa shape index (κ3) is 4.58. The maximum Gasteiger partial charge on any atom is 0.0725 e. The van der Waals surface area contributed by atoms with E-state index < -0.39 is 0 Å². The van der Waals surface area contributed by atoms with E-state index in [2.05, 4.69) is 229 Å². The molecular formula is C59H39N. The summed E-state index contributed by atoms with van der Waals surface area (Å²) in [4.78, 5) is 0. The summed E-state index contributed by atoms with van der Waals surface area (Å²) in [5, 5.41) is 2.58. The second kappa shape index (κ2) is 12.8. The maximum absolute atomic E-state index is 2.59. The fraction of sp³-hybridized carbons (Fsp3) is 0.0508. The van der Waals surface area contributed by atoms with Gasteiger partial charge in [-0.15, -0.1) is 0 Å². The average molecular weight is 762 g/mol. The van der Waals surface area contributed by atoms with Crippen LogP contribution in [-0.2, 0) is 5.41 Å². The number of allylic oxidation sites excluding steroid dienone is 2. The van der Waals surface area contributed by atoms with E-state index in [1.54, 1.807) is 0 Å². The SMILES string of the molecule is C1=C(c2ccc(-c3ccccc3)cc2)C(c2ccc3c(c2)C2(c4ccccc4-c4ccccc42)c2ccccc2-3)C1c1ccc2c(c1)c1ccccc1n2-c1ccccc1. The largest absolute Gasteiger partial charge is 0.309 e. The molecule has 0 saturated heterocycles. The average Bonchev–Trinajstić information content (AvgIpc) is 3.91. The molecule has 0 radical (unpaired) electrons. The van der Waals surface area contributed by atoms with Gasteiger partial charge in [0.2, 0.25) is 0 Å². The molecule has 1 heteroatoms. The fourth-order valence-corrected chi connectivity index (χ4v) is 11.3. The number of hydrogen-bond acceptors (Lipinski definition) is 0. The van der Waals surface area contributed by atoms with Crippen LogP contribution in [0.1, 0.15) is 50.8 Å². The van der Waals surface area contributed by atoms with Gasteiger partial charge in [-0.3, -0.25) is 0 Å². The smallest absolute Gasteiger partial charge is 0.0725 e. The minimum atomic E-state index is -0.381. The van der Waals surface area contributed by atoms with Crippen LogP contribution in [0.3, 0.4) is 0 Å². The molecule has 280 valence electrons. The standard InChI is InChI=1S/C59H39N/c1-3-15-38(16-4-1)39-27-29-40(30-28-39)49-37-50(41-32-34-57-51(35-41)48-22-10-14-26-56(48)60(57)43-17-5-2-6-18-43)58(49)42-31-33-47-46-21-9-13-25-54(46)59(55(47)36-42)52-23-11-7-19-44(52)45-20-8-12-24-53(45)59/h1-37,50,58H.